The summed E-state index contributed by atoms with van der Waals surface area (Å²) in [7, 11) is 0. The van der Waals surface area contributed by atoms with Gasteiger partial charge in [-0.25, -0.2) is 0 Å². The molecular formula is C11H18N2S. The Labute approximate surface area is 90.5 Å². The number of hydrogen-bond acceptors (Lipinski definition) is 3. The summed E-state index contributed by atoms with van der Waals surface area (Å²) < 4.78 is 0. The Hall–Kier alpha value is -0.700. The second kappa shape index (κ2) is 5.91. The average Bonchev–Trinajstić information content (AvgIpc) is 2.18. The van der Waals surface area contributed by atoms with Gasteiger partial charge in [-0.2, -0.15) is 11.8 Å². The van der Waals surface area contributed by atoms with Crippen molar-refractivity contribution in [3.8, 4) is 0 Å². The minimum Gasteiger partial charge on any atom is -0.381 e. The number of aromatic nitrogens is 1. The Bertz CT molecular complexity index is 276. The Morgan fingerprint density at radius 1 is 1.57 bits per heavy atom. The van der Waals surface area contributed by atoms with Gasteiger partial charge in [0.15, 0.2) is 0 Å². The van der Waals surface area contributed by atoms with Crippen molar-refractivity contribution in [2.24, 2.45) is 0 Å². The maximum atomic E-state index is 4.07. The first kappa shape index (κ1) is 11.4. The van der Waals surface area contributed by atoms with Gasteiger partial charge in [0.05, 0.1) is 0 Å². The van der Waals surface area contributed by atoms with Gasteiger partial charge in [0.1, 0.15) is 0 Å². The molecule has 0 aliphatic carbocycles. The van der Waals surface area contributed by atoms with Crippen molar-refractivity contribution in [2.45, 2.75) is 26.8 Å². The van der Waals surface area contributed by atoms with Crippen molar-refractivity contribution >= 4 is 17.4 Å². The molecule has 0 aliphatic heterocycles. The molecular weight excluding hydrogens is 192 g/mol. The van der Waals surface area contributed by atoms with E-state index in [1.807, 2.05) is 30.2 Å². The minimum atomic E-state index is 0.515. The molecule has 1 atom stereocenters. The third-order valence-electron chi connectivity index (χ3n) is 1.99. The van der Waals surface area contributed by atoms with E-state index in [4.69, 9.17) is 0 Å². The first-order chi connectivity index (χ1) is 6.74. The topological polar surface area (TPSA) is 24.9 Å². The van der Waals surface area contributed by atoms with Crippen molar-refractivity contribution in [3.05, 3.63) is 24.0 Å². The number of anilines is 1. The average molecular weight is 210 g/mol. The Morgan fingerprint density at radius 3 is 3.00 bits per heavy atom. The zero-order valence-corrected chi connectivity index (χ0v) is 9.90. The summed E-state index contributed by atoms with van der Waals surface area (Å²) in [6.45, 7) is 6.48. The van der Waals surface area contributed by atoms with Gasteiger partial charge in [-0.15, -0.1) is 0 Å². The van der Waals surface area contributed by atoms with Crippen LogP contribution in [0.4, 0.5) is 5.69 Å². The largest absolute Gasteiger partial charge is 0.381 e. The summed E-state index contributed by atoms with van der Waals surface area (Å²) in [5, 5.41) is 3.48. The molecule has 0 saturated heterocycles. The molecule has 3 heteroatoms. The summed E-state index contributed by atoms with van der Waals surface area (Å²) in [5.74, 6) is 2.33. The van der Waals surface area contributed by atoms with Crippen LogP contribution in [0.25, 0.3) is 0 Å². The number of thioether (sulfide) groups is 1. The van der Waals surface area contributed by atoms with Gasteiger partial charge in [0.25, 0.3) is 0 Å². The molecule has 0 amide bonds. The Morgan fingerprint density at radius 2 is 2.36 bits per heavy atom. The SMILES string of the molecule is CCSCC(C)Nc1ccncc1C. The highest BCUT2D eigenvalue weighted by molar-refractivity contribution is 7.99. The molecule has 14 heavy (non-hydrogen) atoms. The van der Waals surface area contributed by atoms with Crippen LogP contribution in [0, 0.1) is 6.92 Å². The van der Waals surface area contributed by atoms with E-state index in [-0.39, 0.29) is 0 Å². The molecule has 2 nitrogen and oxygen atoms in total. The van der Waals surface area contributed by atoms with E-state index in [0.717, 1.165) is 5.75 Å². The summed E-state index contributed by atoms with van der Waals surface area (Å²) in [5.41, 5.74) is 2.41. The number of nitrogens with zero attached hydrogens (tertiary/aromatic N) is 1. The van der Waals surface area contributed by atoms with Gasteiger partial charge in [-0.3, -0.25) is 4.98 Å². The second-order valence-electron chi connectivity index (χ2n) is 3.40. The fourth-order valence-electron chi connectivity index (χ4n) is 1.24. The van der Waals surface area contributed by atoms with Crippen LogP contribution in [-0.4, -0.2) is 22.5 Å². The quantitative estimate of drug-likeness (QED) is 0.809. The third-order valence-corrected chi connectivity index (χ3v) is 3.14. The van der Waals surface area contributed by atoms with Crippen LogP contribution in [0.2, 0.25) is 0 Å². The van der Waals surface area contributed by atoms with E-state index >= 15 is 0 Å². The fraction of sp³-hybridized carbons (Fsp3) is 0.545. The van der Waals surface area contributed by atoms with Crippen molar-refractivity contribution in [1.29, 1.82) is 0 Å². The summed E-state index contributed by atoms with van der Waals surface area (Å²) >= 11 is 1.96. The molecule has 1 aromatic heterocycles. The van der Waals surface area contributed by atoms with Crippen molar-refractivity contribution in [2.75, 3.05) is 16.8 Å². The van der Waals surface area contributed by atoms with Gasteiger partial charge >= 0.3 is 0 Å². The third kappa shape index (κ3) is 3.58. The van der Waals surface area contributed by atoms with Crippen LogP contribution in [0.1, 0.15) is 19.4 Å². The van der Waals surface area contributed by atoms with E-state index < -0.39 is 0 Å². The zero-order chi connectivity index (χ0) is 10.4. The lowest BCUT2D eigenvalue weighted by atomic mass is 10.2. The molecule has 78 valence electrons. The molecule has 0 bridgehead atoms. The highest BCUT2D eigenvalue weighted by atomic mass is 32.2. The van der Waals surface area contributed by atoms with E-state index in [1.165, 1.54) is 17.0 Å². The predicted octanol–water partition coefficient (Wildman–Crippen LogP) is 2.94. The molecule has 0 radical (unpaired) electrons. The smallest absolute Gasteiger partial charge is 0.0403 e. The first-order valence-corrected chi connectivity index (χ1v) is 6.14. The van der Waals surface area contributed by atoms with Crippen LogP contribution in [-0.2, 0) is 0 Å². The van der Waals surface area contributed by atoms with Crippen LogP contribution in [0.3, 0.4) is 0 Å². The van der Waals surface area contributed by atoms with Crippen molar-refractivity contribution < 1.29 is 0 Å². The Balaban J connectivity index is 2.47. The first-order valence-electron chi connectivity index (χ1n) is 4.99. The summed E-state index contributed by atoms with van der Waals surface area (Å²) in [6.07, 6.45) is 3.72. The number of rotatable bonds is 5. The lowest BCUT2D eigenvalue weighted by Crippen LogP contribution is -2.18. The molecule has 0 fully saturated rings. The molecule has 1 rings (SSSR count). The maximum absolute atomic E-state index is 4.07. The number of hydrogen-bond donors (Lipinski definition) is 1. The minimum absolute atomic E-state index is 0.515. The van der Waals surface area contributed by atoms with Crippen LogP contribution in [0.5, 0.6) is 0 Å². The standard InChI is InChI=1S/C11H18N2S/c1-4-14-8-10(3)13-11-5-6-12-7-9(11)2/h5-7,10H,4,8H2,1-3H3,(H,12,13). The molecule has 0 spiro atoms. The Kier molecular flexibility index (Phi) is 4.80. The lowest BCUT2D eigenvalue weighted by molar-refractivity contribution is 0.909. The van der Waals surface area contributed by atoms with Crippen LogP contribution >= 0.6 is 11.8 Å². The predicted molar refractivity (Wildman–Crippen MR) is 65.1 cm³/mol. The zero-order valence-electron chi connectivity index (χ0n) is 9.08. The second-order valence-corrected chi connectivity index (χ2v) is 4.71. The molecule has 1 heterocycles. The molecule has 0 aliphatic rings. The van der Waals surface area contributed by atoms with Crippen molar-refractivity contribution in [1.82, 2.24) is 4.98 Å². The molecule has 0 aromatic carbocycles. The number of aryl methyl sites for hydroxylation is 1. The van der Waals surface area contributed by atoms with E-state index in [1.54, 1.807) is 0 Å². The monoisotopic (exact) mass is 210 g/mol. The maximum Gasteiger partial charge on any atom is 0.0403 e. The highest BCUT2D eigenvalue weighted by Gasteiger charge is 2.02. The van der Waals surface area contributed by atoms with Crippen LogP contribution in [0.15, 0.2) is 18.5 Å². The molecule has 0 saturated carbocycles. The van der Waals surface area contributed by atoms with E-state index in [2.05, 4.69) is 31.1 Å². The molecule has 1 unspecified atom stereocenters. The lowest BCUT2D eigenvalue weighted by Gasteiger charge is -2.15. The van der Waals surface area contributed by atoms with Gasteiger partial charge in [0.2, 0.25) is 0 Å². The van der Waals surface area contributed by atoms with Crippen LogP contribution < -0.4 is 5.32 Å². The normalized spacial score (nSPS) is 12.5. The van der Waals surface area contributed by atoms with Gasteiger partial charge in [-0.05, 0) is 31.2 Å². The highest BCUT2D eigenvalue weighted by Crippen LogP contribution is 2.14. The van der Waals surface area contributed by atoms with Gasteiger partial charge in [-0.1, -0.05) is 6.92 Å². The van der Waals surface area contributed by atoms with E-state index in [0.29, 0.717) is 6.04 Å². The molecule has 1 N–H and O–H groups in total. The number of pyridine rings is 1. The summed E-state index contributed by atoms with van der Waals surface area (Å²) in [4.78, 5) is 4.07. The van der Waals surface area contributed by atoms with Crippen molar-refractivity contribution in [3.63, 3.8) is 0 Å². The van der Waals surface area contributed by atoms with Gasteiger partial charge in [0, 0.05) is 29.9 Å². The summed E-state index contributed by atoms with van der Waals surface area (Å²) in [6, 6.07) is 2.55. The fourth-order valence-corrected chi connectivity index (χ4v) is 1.91. The van der Waals surface area contributed by atoms with E-state index in [9.17, 15) is 0 Å². The van der Waals surface area contributed by atoms with Gasteiger partial charge < -0.3 is 5.32 Å². The molecule has 1 aromatic rings. The number of nitrogens with one attached hydrogen (secondary N) is 1.